The Morgan fingerprint density at radius 2 is 1.71 bits per heavy atom. The second kappa shape index (κ2) is 13.3. The highest BCUT2D eigenvalue weighted by atomic mass is 16.4. The molecule has 34 heavy (non-hydrogen) atoms. The molecule has 8 heteroatoms. The number of hydrogen-bond donors (Lipinski definition) is 5. The predicted octanol–water partition coefficient (Wildman–Crippen LogP) is 3.40. The Morgan fingerprint density at radius 3 is 2.44 bits per heavy atom. The summed E-state index contributed by atoms with van der Waals surface area (Å²) in [4.78, 5) is 37.7. The SMILES string of the molecule is NCCCCC(NC(=O)NC(CC1CCCCC1)C(=O)NC1CCCc2ccccc21)C(=O)O. The van der Waals surface area contributed by atoms with Gasteiger partial charge in [0.1, 0.15) is 12.1 Å². The average molecular weight is 473 g/mol. The number of carbonyl (C=O) groups excluding carboxylic acids is 2. The Hall–Kier alpha value is -2.61. The lowest BCUT2D eigenvalue weighted by Crippen LogP contribution is -2.54. The first-order chi connectivity index (χ1) is 16.5. The van der Waals surface area contributed by atoms with E-state index in [2.05, 4.69) is 28.1 Å². The number of benzene rings is 1. The molecule has 3 unspecified atom stereocenters. The number of nitrogens with two attached hydrogens (primary N) is 1. The molecule has 3 atom stereocenters. The monoisotopic (exact) mass is 472 g/mol. The van der Waals surface area contributed by atoms with Gasteiger partial charge in [0.2, 0.25) is 5.91 Å². The van der Waals surface area contributed by atoms with Crippen LogP contribution in [0.4, 0.5) is 4.79 Å². The molecular formula is C26H40N4O4. The highest BCUT2D eigenvalue weighted by molar-refractivity contribution is 5.89. The number of carboxylic acid groups (broad SMARTS) is 1. The number of rotatable bonds is 11. The molecule has 2 aliphatic rings. The van der Waals surface area contributed by atoms with E-state index in [9.17, 15) is 19.5 Å². The zero-order valence-corrected chi connectivity index (χ0v) is 20.1. The Bertz CT molecular complexity index is 825. The van der Waals surface area contributed by atoms with Crippen LogP contribution >= 0.6 is 0 Å². The van der Waals surface area contributed by atoms with Crippen LogP contribution in [0, 0.1) is 5.92 Å². The van der Waals surface area contributed by atoms with Gasteiger partial charge in [-0.25, -0.2) is 9.59 Å². The van der Waals surface area contributed by atoms with Crippen LogP contribution in [0.25, 0.3) is 0 Å². The van der Waals surface area contributed by atoms with E-state index in [1.165, 1.54) is 12.0 Å². The highest BCUT2D eigenvalue weighted by Crippen LogP contribution is 2.31. The molecule has 6 N–H and O–H groups in total. The van der Waals surface area contributed by atoms with Gasteiger partial charge in [-0.3, -0.25) is 4.79 Å². The number of aryl methyl sites for hydroxylation is 1. The summed E-state index contributed by atoms with van der Waals surface area (Å²) in [7, 11) is 0. The first-order valence-corrected chi connectivity index (χ1v) is 12.9. The fourth-order valence-corrected chi connectivity index (χ4v) is 5.27. The van der Waals surface area contributed by atoms with Crippen molar-refractivity contribution in [2.75, 3.05) is 6.54 Å². The van der Waals surface area contributed by atoms with Crippen LogP contribution in [-0.4, -0.2) is 41.6 Å². The lowest BCUT2D eigenvalue weighted by atomic mass is 9.84. The molecule has 0 aromatic heterocycles. The zero-order valence-electron chi connectivity index (χ0n) is 20.1. The van der Waals surface area contributed by atoms with Gasteiger partial charge < -0.3 is 26.8 Å². The summed E-state index contributed by atoms with van der Waals surface area (Å²) in [6, 6.07) is 5.80. The van der Waals surface area contributed by atoms with Crippen LogP contribution in [0.5, 0.6) is 0 Å². The van der Waals surface area contributed by atoms with Crippen LogP contribution in [-0.2, 0) is 16.0 Å². The third-order valence-electron chi connectivity index (χ3n) is 7.15. The smallest absolute Gasteiger partial charge is 0.326 e. The van der Waals surface area contributed by atoms with Gasteiger partial charge in [0.15, 0.2) is 0 Å². The van der Waals surface area contributed by atoms with Crippen LogP contribution in [0.2, 0.25) is 0 Å². The highest BCUT2D eigenvalue weighted by Gasteiger charge is 2.30. The third-order valence-corrected chi connectivity index (χ3v) is 7.15. The van der Waals surface area contributed by atoms with Crippen molar-refractivity contribution >= 4 is 17.9 Å². The van der Waals surface area contributed by atoms with E-state index in [-0.39, 0.29) is 11.9 Å². The van der Waals surface area contributed by atoms with Gasteiger partial charge in [-0.05, 0) is 68.5 Å². The number of carbonyl (C=O) groups is 3. The van der Waals surface area contributed by atoms with E-state index in [1.54, 1.807) is 0 Å². The molecule has 0 radical (unpaired) electrons. The first kappa shape index (κ1) is 26.0. The number of amides is 3. The quantitative estimate of drug-likeness (QED) is 0.315. The van der Waals surface area contributed by atoms with Gasteiger partial charge >= 0.3 is 12.0 Å². The molecule has 1 aromatic carbocycles. The van der Waals surface area contributed by atoms with Gasteiger partial charge in [-0.15, -0.1) is 0 Å². The van der Waals surface area contributed by atoms with Crippen LogP contribution < -0.4 is 21.7 Å². The molecule has 0 aliphatic heterocycles. The summed E-state index contributed by atoms with van der Waals surface area (Å²) in [5, 5.41) is 18.0. The molecule has 0 spiro atoms. The zero-order chi connectivity index (χ0) is 24.3. The van der Waals surface area contributed by atoms with Crippen molar-refractivity contribution in [2.45, 2.75) is 95.2 Å². The van der Waals surface area contributed by atoms with Crippen molar-refractivity contribution in [3.8, 4) is 0 Å². The van der Waals surface area contributed by atoms with E-state index in [1.807, 2.05) is 12.1 Å². The molecule has 0 heterocycles. The summed E-state index contributed by atoms with van der Waals surface area (Å²) < 4.78 is 0. The van der Waals surface area contributed by atoms with Crippen molar-refractivity contribution in [1.29, 1.82) is 0 Å². The number of carboxylic acids is 1. The molecule has 188 valence electrons. The van der Waals surface area contributed by atoms with Crippen LogP contribution in [0.3, 0.4) is 0 Å². The van der Waals surface area contributed by atoms with Gasteiger partial charge in [0.25, 0.3) is 0 Å². The Balaban J connectivity index is 1.66. The molecule has 3 amide bonds. The average Bonchev–Trinajstić information content (AvgIpc) is 2.84. The Morgan fingerprint density at radius 1 is 0.971 bits per heavy atom. The molecule has 1 fully saturated rings. The Labute approximate surface area is 202 Å². The molecule has 2 aliphatic carbocycles. The Kier molecular flexibility index (Phi) is 10.2. The van der Waals surface area contributed by atoms with Gasteiger partial charge in [0, 0.05) is 0 Å². The van der Waals surface area contributed by atoms with Crippen molar-refractivity contribution in [3.05, 3.63) is 35.4 Å². The molecule has 0 saturated heterocycles. The minimum absolute atomic E-state index is 0.0702. The maximum absolute atomic E-state index is 13.4. The van der Waals surface area contributed by atoms with Crippen molar-refractivity contribution in [3.63, 3.8) is 0 Å². The maximum atomic E-state index is 13.4. The number of urea groups is 1. The van der Waals surface area contributed by atoms with Gasteiger partial charge in [-0.2, -0.15) is 0 Å². The molecule has 3 rings (SSSR count). The van der Waals surface area contributed by atoms with Crippen molar-refractivity contribution in [1.82, 2.24) is 16.0 Å². The van der Waals surface area contributed by atoms with Gasteiger partial charge in [-0.1, -0.05) is 56.4 Å². The topological polar surface area (TPSA) is 134 Å². The van der Waals surface area contributed by atoms with E-state index in [0.29, 0.717) is 38.1 Å². The largest absolute Gasteiger partial charge is 0.480 e. The van der Waals surface area contributed by atoms with E-state index in [0.717, 1.165) is 50.5 Å². The van der Waals surface area contributed by atoms with Crippen LogP contribution in [0.15, 0.2) is 24.3 Å². The third kappa shape index (κ3) is 7.72. The lowest BCUT2D eigenvalue weighted by Gasteiger charge is -2.30. The molecule has 1 saturated carbocycles. The molecule has 0 bridgehead atoms. The van der Waals surface area contributed by atoms with Gasteiger partial charge in [0.05, 0.1) is 6.04 Å². The van der Waals surface area contributed by atoms with Crippen molar-refractivity contribution < 1.29 is 19.5 Å². The second-order valence-corrected chi connectivity index (χ2v) is 9.74. The normalized spacial score (nSPS) is 20.0. The lowest BCUT2D eigenvalue weighted by molar-refractivity contribution is -0.139. The van der Waals surface area contributed by atoms with Crippen LogP contribution in [0.1, 0.15) is 87.8 Å². The summed E-state index contributed by atoms with van der Waals surface area (Å²) in [5.41, 5.74) is 7.90. The maximum Gasteiger partial charge on any atom is 0.326 e. The number of nitrogens with one attached hydrogen (secondary N) is 3. The second-order valence-electron chi connectivity index (χ2n) is 9.74. The number of hydrogen-bond acceptors (Lipinski definition) is 4. The summed E-state index contributed by atoms with van der Waals surface area (Å²) in [6.07, 6.45) is 10.7. The summed E-state index contributed by atoms with van der Waals surface area (Å²) >= 11 is 0. The molecule has 8 nitrogen and oxygen atoms in total. The van der Waals surface area contributed by atoms with E-state index in [4.69, 9.17) is 5.73 Å². The number of unbranched alkanes of at least 4 members (excludes halogenated alkanes) is 1. The number of fused-ring (bicyclic) bond motifs is 1. The fraction of sp³-hybridized carbons (Fsp3) is 0.654. The van der Waals surface area contributed by atoms with E-state index < -0.39 is 24.1 Å². The first-order valence-electron chi connectivity index (χ1n) is 12.9. The predicted molar refractivity (Wildman–Crippen MR) is 131 cm³/mol. The number of aliphatic carboxylic acids is 1. The van der Waals surface area contributed by atoms with Crippen molar-refractivity contribution in [2.24, 2.45) is 11.7 Å². The minimum Gasteiger partial charge on any atom is -0.480 e. The molecule has 1 aromatic rings. The fourth-order valence-electron chi connectivity index (χ4n) is 5.27. The summed E-state index contributed by atoms with van der Waals surface area (Å²) in [6.45, 7) is 0.479. The standard InChI is InChI=1S/C26H40N4O4/c27-16-7-6-14-22(25(32)33)29-26(34)30-23(17-18-9-2-1-3-10-18)24(31)28-21-15-8-12-19-11-4-5-13-20(19)21/h4-5,11,13,18,21-23H,1-3,6-10,12,14-17,27H2,(H,28,31)(H,32,33)(H2,29,30,34). The minimum atomic E-state index is -1.08. The van der Waals surface area contributed by atoms with E-state index >= 15 is 0 Å². The summed E-state index contributed by atoms with van der Waals surface area (Å²) in [5.74, 6) is -0.903. The molecular weight excluding hydrogens is 432 g/mol.